The van der Waals surface area contributed by atoms with E-state index in [1.165, 1.54) is 0 Å². The first-order valence-corrected chi connectivity index (χ1v) is 10.7. The van der Waals surface area contributed by atoms with Crippen LogP contribution in [0.15, 0.2) is 36.4 Å². The monoisotopic (exact) mass is 422 g/mol. The molecule has 162 valence electrons. The molecule has 1 aromatic carbocycles. The van der Waals surface area contributed by atoms with Crippen molar-refractivity contribution in [1.29, 1.82) is 0 Å². The minimum Gasteiger partial charge on any atom is -0.456 e. The van der Waals surface area contributed by atoms with E-state index in [1.54, 1.807) is 6.07 Å². The third-order valence-corrected chi connectivity index (χ3v) is 6.33. The molecule has 0 spiro atoms. The average Bonchev–Trinajstić information content (AvgIpc) is 3.21. The van der Waals surface area contributed by atoms with Crippen LogP contribution >= 0.6 is 0 Å². The Morgan fingerprint density at radius 2 is 1.61 bits per heavy atom. The molecule has 0 unspecified atom stereocenters. The van der Waals surface area contributed by atoms with Crippen molar-refractivity contribution in [3.05, 3.63) is 53.3 Å². The molecule has 2 fully saturated rings. The van der Waals surface area contributed by atoms with Crippen molar-refractivity contribution >= 4 is 23.6 Å². The van der Waals surface area contributed by atoms with E-state index in [-0.39, 0.29) is 29.4 Å². The van der Waals surface area contributed by atoms with Crippen molar-refractivity contribution in [2.75, 3.05) is 13.2 Å². The lowest BCUT2D eigenvalue weighted by atomic mass is 9.81. The highest BCUT2D eigenvalue weighted by Crippen LogP contribution is 2.37. The molecule has 0 radical (unpaired) electrons. The molecule has 1 saturated heterocycles. The Morgan fingerprint density at radius 3 is 2.23 bits per heavy atom. The molecule has 1 aliphatic carbocycles. The van der Waals surface area contributed by atoms with Crippen molar-refractivity contribution in [3.63, 3.8) is 0 Å². The quantitative estimate of drug-likeness (QED) is 0.406. The lowest BCUT2D eigenvalue weighted by Gasteiger charge is -2.19. The van der Waals surface area contributed by atoms with Gasteiger partial charge in [0, 0.05) is 22.6 Å². The Balaban J connectivity index is 1.39. The van der Waals surface area contributed by atoms with E-state index in [0.717, 1.165) is 34.8 Å². The maximum absolute atomic E-state index is 12.7. The number of esters is 1. The number of hydrogen-bond acceptors (Lipinski definition) is 5. The van der Waals surface area contributed by atoms with Gasteiger partial charge in [-0.1, -0.05) is 31.0 Å². The van der Waals surface area contributed by atoms with Crippen LogP contribution in [0, 0.1) is 25.7 Å². The first-order chi connectivity index (χ1) is 14.9. The van der Waals surface area contributed by atoms with E-state index in [1.807, 2.05) is 48.7 Å². The summed E-state index contributed by atoms with van der Waals surface area (Å²) in [6.45, 7) is 2.90. The molecule has 2 aliphatic rings. The Labute approximate surface area is 181 Å². The summed E-state index contributed by atoms with van der Waals surface area (Å²) in [4.78, 5) is 51.0. The number of amides is 2. The normalized spacial score (nSPS) is 20.6. The smallest absolute Gasteiger partial charge is 0.326 e. The number of fused-ring (bicyclic) bond motifs is 1. The highest BCUT2D eigenvalue weighted by molar-refractivity contribution is 6.07. The molecule has 2 heterocycles. The molecule has 2 atom stereocenters. The third-order valence-electron chi connectivity index (χ3n) is 6.33. The SMILES string of the molecule is Cc1cc(C(=O)COC(=O)CN2C(=O)[C@H]3CCCC[C@H]3C2=O)c(C)n1-c1ccccc1. The summed E-state index contributed by atoms with van der Waals surface area (Å²) in [6.07, 6.45) is 3.23. The second-order valence-corrected chi connectivity index (χ2v) is 8.30. The summed E-state index contributed by atoms with van der Waals surface area (Å²) >= 11 is 0. The highest BCUT2D eigenvalue weighted by atomic mass is 16.5. The van der Waals surface area contributed by atoms with Gasteiger partial charge in [-0.25, -0.2) is 0 Å². The molecule has 1 saturated carbocycles. The van der Waals surface area contributed by atoms with Crippen molar-refractivity contribution in [1.82, 2.24) is 9.47 Å². The van der Waals surface area contributed by atoms with Crippen molar-refractivity contribution in [3.8, 4) is 5.69 Å². The summed E-state index contributed by atoms with van der Waals surface area (Å²) in [6, 6.07) is 11.5. The topological polar surface area (TPSA) is 85.7 Å². The number of ether oxygens (including phenoxy) is 1. The van der Waals surface area contributed by atoms with E-state index in [4.69, 9.17) is 4.74 Å². The number of rotatable bonds is 6. The van der Waals surface area contributed by atoms with E-state index in [0.29, 0.717) is 18.4 Å². The van der Waals surface area contributed by atoms with Crippen LogP contribution in [0.25, 0.3) is 5.69 Å². The third kappa shape index (κ3) is 3.92. The number of carbonyl (C=O) groups is 4. The minimum atomic E-state index is -0.745. The number of imide groups is 1. The maximum Gasteiger partial charge on any atom is 0.326 e. The average molecular weight is 422 g/mol. The Kier molecular flexibility index (Phi) is 5.76. The molecule has 31 heavy (non-hydrogen) atoms. The second-order valence-electron chi connectivity index (χ2n) is 8.30. The number of nitrogens with zero attached hydrogens (tertiary/aromatic N) is 2. The fourth-order valence-electron chi connectivity index (χ4n) is 4.80. The lowest BCUT2D eigenvalue weighted by Crippen LogP contribution is -2.37. The number of aryl methyl sites for hydroxylation is 1. The molecule has 1 aliphatic heterocycles. The molecule has 2 aromatic rings. The Hall–Kier alpha value is -3.22. The van der Waals surface area contributed by atoms with Gasteiger partial charge in [-0.3, -0.25) is 24.1 Å². The predicted octanol–water partition coefficient (Wildman–Crippen LogP) is 3.00. The van der Waals surface area contributed by atoms with Crippen LogP contribution in [0.2, 0.25) is 0 Å². The molecular formula is C24H26N2O5. The van der Waals surface area contributed by atoms with Gasteiger partial charge in [0.15, 0.2) is 6.61 Å². The zero-order valence-corrected chi connectivity index (χ0v) is 17.8. The van der Waals surface area contributed by atoms with Crippen LogP contribution < -0.4 is 0 Å². The number of benzene rings is 1. The van der Waals surface area contributed by atoms with Crippen LogP contribution in [0.4, 0.5) is 0 Å². The highest BCUT2D eigenvalue weighted by Gasteiger charge is 2.48. The van der Waals surface area contributed by atoms with Gasteiger partial charge >= 0.3 is 5.97 Å². The number of aromatic nitrogens is 1. The van der Waals surface area contributed by atoms with Gasteiger partial charge in [0.2, 0.25) is 17.6 Å². The number of hydrogen-bond donors (Lipinski definition) is 0. The molecule has 0 N–H and O–H groups in total. The van der Waals surface area contributed by atoms with Crippen LogP contribution in [-0.2, 0) is 19.1 Å². The van der Waals surface area contributed by atoms with Crippen LogP contribution in [0.3, 0.4) is 0 Å². The molecule has 2 amide bonds. The maximum atomic E-state index is 12.7. The van der Waals surface area contributed by atoms with Gasteiger partial charge in [-0.05, 0) is 44.9 Å². The van der Waals surface area contributed by atoms with Gasteiger partial charge in [0.05, 0.1) is 11.8 Å². The van der Waals surface area contributed by atoms with Crippen LogP contribution in [0.1, 0.15) is 47.4 Å². The van der Waals surface area contributed by atoms with Crippen molar-refractivity contribution in [2.24, 2.45) is 11.8 Å². The minimum absolute atomic E-state index is 0.288. The van der Waals surface area contributed by atoms with Gasteiger partial charge < -0.3 is 9.30 Å². The van der Waals surface area contributed by atoms with E-state index in [2.05, 4.69) is 0 Å². The molecule has 0 bridgehead atoms. The summed E-state index contributed by atoms with van der Waals surface area (Å²) in [5.74, 6) is -2.26. The summed E-state index contributed by atoms with van der Waals surface area (Å²) < 4.78 is 7.11. The van der Waals surface area contributed by atoms with Gasteiger partial charge in [-0.2, -0.15) is 0 Å². The number of carbonyl (C=O) groups excluding carboxylic acids is 4. The zero-order valence-electron chi connectivity index (χ0n) is 17.8. The van der Waals surface area contributed by atoms with Gasteiger partial charge in [0.1, 0.15) is 6.54 Å². The van der Waals surface area contributed by atoms with E-state index in [9.17, 15) is 19.2 Å². The van der Waals surface area contributed by atoms with E-state index < -0.39 is 19.1 Å². The first kappa shape index (κ1) is 21.0. The number of para-hydroxylation sites is 1. The molecule has 7 heteroatoms. The van der Waals surface area contributed by atoms with Crippen molar-refractivity contribution in [2.45, 2.75) is 39.5 Å². The number of likely N-dealkylation sites (tertiary alicyclic amines) is 1. The first-order valence-electron chi connectivity index (χ1n) is 10.7. The van der Waals surface area contributed by atoms with Crippen LogP contribution in [-0.4, -0.2) is 46.2 Å². The Bertz CT molecular complexity index is 1020. The summed E-state index contributed by atoms with van der Waals surface area (Å²) in [5, 5.41) is 0. The van der Waals surface area contributed by atoms with E-state index >= 15 is 0 Å². The van der Waals surface area contributed by atoms with Gasteiger partial charge in [-0.15, -0.1) is 0 Å². The Morgan fingerprint density at radius 1 is 1.00 bits per heavy atom. The zero-order chi connectivity index (χ0) is 22.1. The fourth-order valence-corrected chi connectivity index (χ4v) is 4.80. The summed E-state index contributed by atoms with van der Waals surface area (Å²) in [7, 11) is 0. The van der Waals surface area contributed by atoms with Crippen molar-refractivity contribution < 1.29 is 23.9 Å². The number of ketones is 1. The molecule has 4 rings (SSSR count). The predicted molar refractivity (Wildman–Crippen MR) is 113 cm³/mol. The second kappa shape index (κ2) is 8.49. The molecular weight excluding hydrogens is 396 g/mol. The standard InChI is InChI=1S/C24H26N2O5/c1-15-12-20(16(2)26(15)17-8-4-3-5-9-17)21(27)14-31-22(28)13-25-23(29)18-10-6-7-11-19(18)24(25)30/h3-5,8-9,12,18-19H,6-7,10-11,13-14H2,1-2H3/t18-,19+. The molecule has 1 aromatic heterocycles. The van der Waals surface area contributed by atoms with Gasteiger partial charge in [0.25, 0.3) is 0 Å². The lowest BCUT2D eigenvalue weighted by molar-refractivity contribution is -0.152. The summed E-state index contributed by atoms with van der Waals surface area (Å²) in [5.41, 5.74) is 3.09. The molecule has 7 nitrogen and oxygen atoms in total. The van der Waals surface area contributed by atoms with Crippen LogP contribution in [0.5, 0.6) is 0 Å². The number of Topliss-reactive ketones (excluding diaryl/α,β-unsaturated/α-hetero) is 1. The fraction of sp³-hybridized carbons (Fsp3) is 0.417. The largest absolute Gasteiger partial charge is 0.456 e.